The van der Waals surface area contributed by atoms with Crippen molar-refractivity contribution in [2.75, 3.05) is 0 Å². The lowest BCUT2D eigenvalue weighted by Crippen LogP contribution is -2.24. The number of hydrogen-bond acceptors (Lipinski definition) is 4. The molecule has 23 heavy (non-hydrogen) atoms. The normalized spacial score (nSPS) is 11.3. The summed E-state index contributed by atoms with van der Waals surface area (Å²) in [5.41, 5.74) is 0.172. The summed E-state index contributed by atoms with van der Waals surface area (Å²) >= 11 is 0. The van der Waals surface area contributed by atoms with Gasteiger partial charge in [0.15, 0.2) is 5.75 Å². The van der Waals surface area contributed by atoms with Crippen molar-refractivity contribution >= 4 is 10.9 Å². The molecule has 126 valence electrons. The molecule has 0 saturated carbocycles. The van der Waals surface area contributed by atoms with Crippen LogP contribution in [-0.2, 0) is 6.54 Å². The zero-order valence-electron chi connectivity index (χ0n) is 14.0. The number of benzene rings is 1. The molecule has 0 saturated heterocycles. The first-order chi connectivity index (χ1) is 11.0. The van der Waals surface area contributed by atoms with Gasteiger partial charge in [-0.25, -0.2) is 0 Å². The van der Waals surface area contributed by atoms with Crippen LogP contribution in [0.15, 0.2) is 23.0 Å². The molecule has 0 unspecified atom stereocenters. The number of hydrogen-bond donors (Lipinski definition) is 2. The van der Waals surface area contributed by atoms with Crippen molar-refractivity contribution in [1.82, 2.24) is 4.57 Å². The van der Waals surface area contributed by atoms with E-state index in [9.17, 15) is 15.0 Å². The molecule has 0 aliphatic carbocycles. The molecule has 0 radical (unpaired) electrons. The number of aromatic hydroxyl groups is 2. The predicted octanol–water partition coefficient (Wildman–Crippen LogP) is 3.78. The van der Waals surface area contributed by atoms with E-state index >= 15 is 0 Å². The Balaban J connectivity index is 2.56. The third-order valence-corrected chi connectivity index (χ3v) is 3.77. The maximum absolute atomic E-state index is 12.7. The lowest BCUT2D eigenvalue weighted by molar-refractivity contribution is 0.227. The van der Waals surface area contributed by atoms with Crippen LogP contribution in [0.4, 0.5) is 0 Å². The Hall–Kier alpha value is -2.17. The molecule has 2 aromatic rings. The lowest BCUT2D eigenvalue weighted by Gasteiger charge is -2.17. The van der Waals surface area contributed by atoms with E-state index in [1.54, 1.807) is 10.6 Å². The smallest absolute Gasteiger partial charge is 0.297 e. The van der Waals surface area contributed by atoms with E-state index in [0.717, 1.165) is 25.7 Å². The fourth-order valence-electron chi connectivity index (χ4n) is 2.66. The van der Waals surface area contributed by atoms with E-state index in [-0.39, 0.29) is 28.9 Å². The molecule has 1 aromatic carbocycles. The Bertz CT molecular complexity index is 734. The Morgan fingerprint density at radius 2 is 1.91 bits per heavy atom. The summed E-state index contributed by atoms with van der Waals surface area (Å²) < 4.78 is 7.12. The molecule has 2 rings (SSSR count). The summed E-state index contributed by atoms with van der Waals surface area (Å²) in [5, 5.41) is 20.6. The van der Waals surface area contributed by atoms with E-state index in [2.05, 4.69) is 6.92 Å². The van der Waals surface area contributed by atoms with E-state index < -0.39 is 0 Å². The quantitative estimate of drug-likeness (QED) is 0.762. The molecule has 0 amide bonds. The van der Waals surface area contributed by atoms with Gasteiger partial charge in [-0.05, 0) is 32.4 Å². The zero-order chi connectivity index (χ0) is 17.0. The molecule has 5 nitrogen and oxygen atoms in total. The molecule has 0 aliphatic heterocycles. The van der Waals surface area contributed by atoms with Gasteiger partial charge in [-0.15, -0.1) is 0 Å². The number of rotatable bonds is 7. The highest BCUT2D eigenvalue weighted by Crippen LogP contribution is 2.33. The number of ether oxygens (including phenoxy) is 1. The molecule has 1 aromatic heterocycles. The van der Waals surface area contributed by atoms with Gasteiger partial charge < -0.3 is 19.5 Å². The maximum Gasteiger partial charge on any atom is 0.297 e. The summed E-state index contributed by atoms with van der Waals surface area (Å²) in [6, 6.07) is 4.61. The lowest BCUT2D eigenvalue weighted by atomic mass is 10.1. The zero-order valence-corrected chi connectivity index (χ0v) is 14.0. The topological polar surface area (TPSA) is 71.7 Å². The summed E-state index contributed by atoms with van der Waals surface area (Å²) in [4.78, 5) is 12.7. The highest BCUT2D eigenvalue weighted by atomic mass is 16.5. The fraction of sp³-hybridized carbons (Fsp3) is 0.500. The molecule has 5 heteroatoms. The van der Waals surface area contributed by atoms with Gasteiger partial charge in [-0.1, -0.05) is 26.2 Å². The molecule has 2 N–H and O–H groups in total. The summed E-state index contributed by atoms with van der Waals surface area (Å²) in [6.07, 6.45) is 3.92. The average molecular weight is 319 g/mol. The van der Waals surface area contributed by atoms with Gasteiger partial charge in [0.05, 0.1) is 11.6 Å². The number of aryl methyl sites for hydroxylation is 1. The van der Waals surface area contributed by atoms with Crippen molar-refractivity contribution in [2.45, 2.75) is 59.1 Å². The maximum atomic E-state index is 12.7. The summed E-state index contributed by atoms with van der Waals surface area (Å²) in [7, 11) is 0. The standard InChI is InChI=1S/C18H25NO4/c1-4-5-6-7-10-19-15-11-13(20)8-9-14(15)16(21)17(18(19)22)23-12(2)3/h8-9,11-12,20-21H,4-7,10H2,1-3H3. The average Bonchev–Trinajstić information content (AvgIpc) is 2.50. The van der Waals surface area contributed by atoms with Crippen LogP contribution >= 0.6 is 0 Å². The van der Waals surface area contributed by atoms with Gasteiger partial charge in [-0.2, -0.15) is 0 Å². The van der Waals surface area contributed by atoms with Gasteiger partial charge in [0.1, 0.15) is 5.75 Å². The monoisotopic (exact) mass is 319 g/mol. The number of unbranched alkanes of at least 4 members (excludes halogenated alkanes) is 3. The first-order valence-corrected chi connectivity index (χ1v) is 8.20. The minimum Gasteiger partial charge on any atom is -0.508 e. The van der Waals surface area contributed by atoms with Crippen LogP contribution in [0.5, 0.6) is 17.2 Å². The van der Waals surface area contributed by atoms with Gasteiger partial charge in [0.2, 0.25) is 5.75 Å². The van der Waals surface area contributed by atoms with Crippen molar-refractivity contribution in [1.29, 1.82) is 0 Å². The minimum absolute atomic E-state index is 0.0197. The molecule has 0 bridgehead atoms. The van der Waals surface area contributed by atoms with Crippen molar-refractivity contribution in [2.24, 2.45) is 0 Å². The summed E-state index contributed by atoms with van der Waals surface area (Å²) in [6.45, 7) is 6.29. The molecule has 0 aliphatic rings. The first kappa shape index (κ1) is 17.2. The van der Waals surface area contributed by atoms with Crippen LogP contribution in [0.25, 0.3) is 10.9 Å². The van der Waals surface area contributed by atoms with E-state index in [0.29, 0.717) is 17.4 Å². The molecular weight excluding hydrogens is 294 g/mol. The number of phenolic OH excluding ortho intramolecular Hbond substituents is 1. The second kappa shape index (κ2) is 7.40. The first-order valence-electron chi connectivity index (χ1n) is 8.20. The highest BCUT2D eigenvalue weighted by Gasteiger charge is 2.18. The van der Waals surface area contributed by atoms with E-state index in [1.807, 2.05) is 13.8 Å². The van der Waals surface area contributed by atoms with Crippen LogP contribution in [-0.4, -0.2) is 20.9 Å². The number of aromatic nitrogens is 1. The van der Waals surface area contributed by atoms with E-state index in [1.165, 1.54) is 12.1 Å². The number of nitrogens with zero attached hydrogens (tertiary/aromatic N) is 1. The van der Waals surface area contributed by atoms with Crippen LogP contribution in [0, 0.1) is 0 Å². The Morgan fingerprint density at radius 3 is 2.57 bits per heavy atom. The van der Waals surface area contributed by atoms with Gasteiger partial charge >= 0.3 is 0 Å². The second-order valence-corrected chi connectivity index (χ2v) is 6.06. The SMILES string of the molecule is CCCCCCn1c(=O)c(OC(C)C)c(O)c2ccc(O)cc21. The molecule has 0 spiro atoms. The molecule has 1 heterocycles. The third kappa shape index (κ3) is 3.78. The molecule has 0 atom stereocenters. The Morgan fingerprint density at radius 1 is 1.17 bits per heavy atom. The molecular formula is C18H25NO4. The fourth-order valence-corrected chi connectivity index (χ4v) is 2.66. The van der Waals surface area contributed by atoms with Crippen LogP contribution in [0.3, 0.4) is 0 Å². The van der Waals surface area contributed by atoms with Crippen molar-refractivity contribution < 1.29 is 14.9 Å². The largest absolute Gasteiger partial charge is 0.508 e. The minimum atomic E-state index is -0.356. The van der Waals surface area contributed by atoms with Crippen molar-refractivity contribution in [3.8, 4) is 17.2 Å². The van der Waals surface area contributed by atoms with Crippen LogP contribution in [0.1, 0.15) is 46.5 Å². The number of phenols is 1. The number of pyridine rings is 1. The van der Waals surface area contributed by atoms with Gasteiger partial charge in [-0.3, -0.25) is 4.79 Å². The predicted molar refractivity (Wildman–Crippen MR) is 91.4 cm³/mol. The summed E-state index contributed by atoms with van der Waals surface area (Å²) in [5.74, 6) is -0.117. The highest BCUT2D eigenvalue weighted by molar-refractivity contribution is 5.88. The Labute approximate surface area is 136 Å². The van der Waals surface area contributed by atoms with Crippen LogP contribution < -0.4 is 10.3 Å². The van der Waals surface area contributed by atoms with Gasteiger partial charge in [0.25, 0.3) is 5.56 Å². The van der Waals surface area contributed by atoms with E-state index in [4.69, 9.17) is 4.74 Å². The van der Waals surface area contributed by atoms with Crippen LogP contribution in [0.2, 0.25) is 0 Å². The second-order valence-electron chi connectivity index (χ2n) is 6.06. The Kier molecular flexibility index (Phi) is 5.53. The van der Waals surface area contributed by atoms with Crippen molar-refractivity contribution in [3.05, 3.63) is 28.6 Å². The van der Waals surface area contributed by atoms with Crippen molar-refractivity contribution in [3.63, 3.8) is 0 Å². The van der Waals surface area contributed by atoms with Gasteiger partial charge in [0, 0.05) is 18.0 Å². The number of fused-ring (bicyclic) bond motifs is 1. The third-order valence-electron chi connectivity index (χ3n) is 3.77. The molecule has 0 fully saturated rings.